The summed E-state index contributed by atoms with van der Waals surface area (Å²) < 4.78 is 5.16. The van der Waals surface area contributed by atoms with Gasteiger partial charge >= 0.3 is 0 Å². The van der Waals surface area contributed by atoms with E-state index in [2.05, 4.69) is 10.5 Å². The van der Waals surface area contributed by atoms with Crippen LogP contribution < -0.4 is 10.2 Å². The first-order valence-corrected chi connectivity index (χ1v) is 7.82. The van der Waals surface area contributed by atoms with Gasteiger partial charge in [-0.05, 0) is 52.7 Å². The smallest absolute Gasteiger partial charge is 0.275 e. The standard InChI is InChI=1S/C20H15N3O3/c21-9-10-26-17-7-5-14(6-8-17)13-22-23-20(25)18-11-15-3-1-2-4-16(15)12-19(18)24/h1-8,11-13,24H,10H2,(H,23,25)/b22-13-. The van der Waals surface area contributed by atoms with E-state index >= 15 is 0 Å². The molecule has 6 heteroatoms. The molecular formula is C20H15N3O3. The number of fused-ring (bicyclic) bond motifs is 1. The lowest BCUT2D eigenvalue weighted by Gasteiger charge is -2.05. The van der Waals surface area contributed by atoms with Gasteiger partial charge < -0.3 is 9.84 Å². The second-order valence-corrected chi connectivity index (χ2v) is 5.43. The quantitative estimate of drug-likeness (QED) is 0.548. The molecule has 0 radical (unpaired) electrons. The number of hydrazone groups is 1. The molecule has 3 rings (SSSR count). The lowest BCUT2D eigenvalue weighted by atomic mass is 10.1. The fraction of sp³-hybridized carbons (Fsp3) is 0.0500. The molecule has 2 N–H and O–H groups in total. The lowest BCUT2D eigenvalue weighted by molar-refractivity contribution is 0.0952. The van der Waals surface area contributed by atoms with Gasteiger partial charge in [-0.2, -0.15) is 10.4 Å². The molecule has 0 heterocycles. The van der Waals surface area contributed by atoms with Crippen LogP contribution in [0.15, 0.2) is 65.8 Å². The maximum Gasteiger partial charge on any atom is 0.275 e. The molecule has 0 aliphatic heterocycles. The molecule has 0 saturated heterocycles. The average molecular weight is 345 g/mol. The van der Waals surface area contributed by atoms with Crippen molar-refractivity contribution in [1.82, 2.24) is 5.43 Å². The summed E-state index contributed by atoms with van der Waals surface area (Å²) in [5.41, 5.74) is 3.30. The number of nitrogens with zero attached hydrogens (tertiary/aromatic N) is 2. The van der Waals surface area contributed by atoms with E-state index in [1.54, 1.807) is 36.4 Å². The zero-order valence-electron chi connectivity index (χ0n) is 13.7. The van der Waals surface area contributed by atoms with E-state index in [9.17, 15) is 9.90 Å². The highest BCUT2D eigenvalue weighted by Gasteiger charge is 2.11. The molecule has 0 saturated carbocycles. The first-order valence-electron chi connectivity index (χ1n) is 7.82. The number of hydrogen-bond acceptors (Lipinski definition) is 5. The Morgan fingerprint density at radius 1 is 1.15 bits per heavy atom. The van der Waals surface area contributed by atoms with Gasteiger partial charge in [-0.15, -0.1) is 0 Å². The number of aromatic hydroxyl groups is 1. The van der Waals surface area contributed by atoms with Gasteiger partial charge in [0.15, 0.2) is 6.61 Å². The summed E-state index contributed by atoms with van der Waals surface area (Å²) in [7, 11) is 0. The third-order valence-electron chi connectivity index (χ3n) is 3.67. The van der Waals surface area contributed by atoms with Gasteiger partial charge in [-0.1, -0.05) is 24.3 Å². The Morgan fingerprint density at radius 3 is 2.54 bits per heavy atom. The highest BCUT2D eigenvalue weighted by molar-refractivity contribution is 6.01. The van der Waals surface area contributed by atoms with Crippen LogP contribution in [0.3, 0.4) is 0 Å². The number of hydrogen-bond donors (Lipinski definition) is 2. The Labute approximate surface area is 150 Å². The minimum Gasteiger partial charge on any atom is -0.507 e. The summed E-state index contributed by atoms with van der Waals surface area (Å²) in [6.07, 6.45) is 1.48. The SMILES string of the molecule is N#CCOc1ccc(/C=N\NC(=O)c2cc3ccccc3cc2O)cc1. The van der Waals surface area contributed by atoms with Gasteiger partial charge in [-0.25, -0.2) is 5.43 Å². The molecular weight excluding hydrogens is 330 g/mol. The van der Waals surface area contributed by atoms with Crippen LogP contribution >= 0.6 is 0 Å². The van der Waals surface area contributed by atoms with Crippen LogP contribution in [0, 0.1) is 11.3 Å². The third kappa shape index (κ3) is 3.97. The van der Waals surface area contributed by atoms with Crippen LogP contribution in [0.5, 0.6) is 11.5 Å². The van der Waals surface area contributed by atoms with Crippen LogP contribution in [-0.2, 0) is 0 Å². The van der Waals surface area contributed by atoms with Crippen molar-refractivity contribution in [3.05, 3.63) is 71.8 Å². The van der Waals surface area contributed by atoms with Crippen molar-refractivity contribution in [3.63, 3.8) is 0 Å². The first kappa shape index (κ1) is 17.0. The molecule has 0 atom stereocenters. The minimum absolute atomic E-state index is 0.0151. The van der Waals surface area contributed by atoms with Crippen molar-refractivity contribution in [3.8, 4) is 17.6 Å². The molecule has 128 valence electrons. The zero-order chi connectivity index (χ0) is 18.4. The van der Waals surface area contributed by atoms with E-state index in [-0.39, 0.29) is 17.9 Å². The summed E-state index contributed by atoms with van der Waals surface area (Å²) in [6, 6.07) is 19.4. The number of nitriles is 1. The number of amides is 1. The summed E-state index contributed by atoms with van der Waals surface area (Å²) in [4.78, 5) is 12.2. The maximum absolute atomic E-state index is 12.2. The summed E-state index contributed by atoms with van der Waals surface area (Å²) in [5, 5.41) is 24.1. The Kier molecular flexibility index (Phi) is 5.11. The molecule has 1 amide bonds. The number of benzene rings is 3. The van der Waals surface area contributed by atoms with Gasteiger partial charge in [0.25, 0.3) is 5.91 Å². The van der Waals surface area contributed by atoms with E-state index in [0.717, 1.165) is 16.3 Å². The van der Waals surface area contributed by atoms with Crippen molar-refractivity contribution >= 4 is 22.9 Å². The average Bonchev–Trinajstić information content (AvgIpc) is 2.66. The number of phenols is 1. The molecule has 0 aromatic heterocycles. The van der Waals surface area contributed by atoms with Crippen LogP contribution in [0.4, 0.5) is 0 Å². The molecule has 3 aromatic rings. The highest BCUT2D eigenvalue weighted by Crippen LogP contribution is 2.24. The number of nitrogens with one attached hydrogen (secondary N) is 1. The van der Waals surface area contributed by atoms with Gasteiger partial charge in [0, 0.05) is 0 Å². The molecule has 0 bridgehead atoms. The Balaban J connectivity index is 1.67. The predicted molar refractivity (Wildman–Crippen MR) is 98.2 cm³/mol. The molecule has 0 spiro atoms. The van der Waals surface area contributed by atoms with Crippen molar-refractivity contribution in [2.45, 2.75) is 0 Å². The molecule has 0 unspecified atom stereocenters. The number of phenolic OH excluding ortho intramolecular Hbond substituents is 1. The van der Waals surface area contributed by atoms with Gasteiger partial charge in [-0.3, -0.25) is 4.79 Å². The number of carbonyl (C=O) groups excluding carboxylic acids is 1. The summed E-state index contributed by atoms with van der Waals surface area (Å²) >= 11 is 0. The van der Waals surface area contributed by atoms with Crippen molar-refractivity contribution in [1.29, 1.82) is 5.26 Å². The third-order valence-corrected chi connectivity index (χ3v) is 3.67. The van der Waals surface area contributed by atoms with Crippen LogP contribution in [0.25, 0.3) is 10.8 Å². The fourth-order valence-corrected chi connectivity index (χ4v) is 2.40. The van der Waals surface area contributed by atoms with E-state index in [1.807, 2.05) is 30.3 Å². The molecule has 26 heavy (non-hydrogen) atoms. The second-order valence-electron chi connectivity index (χ2n) is 5.43. The Bertz CT molecular complexity index is 1000. The Morgan fingerprint density at radius 2 is 1.85 bits per heavy atom. The molecule has 3 aromatic carbocycles. The maximum atomic E-state index is 12.2. The number of rotatable bonds is 5. The Hall–Kier alpha value is -3.85. The zero-order valence-corrected chi connectivity index (χ0v) is 13.7. The predicted octanol–water partition coefficient (Wildman–Crippen LogP) is 3.21. The van der Waals surface area contributed by atoms with E-state index in [1.165, 1.54) is 6.21 Å². The second kappa shape index (κ2) is 7.81. The number of carbonyl (C=O) groups is 1. The number of ether oxygens (including phenoxy) is 1. The van der Waals surface area contributed by atoms with Gasteiger partial charge in [0.05, 0.1) is 11.8 Å². The fourth-order valence-electron chi connectivity index (χ4n) is 2.40. The molecule has 0 aliphatic carbocycles. The van der Waals surface area contributed by atoms with E-state index in [0.29, 0.717) is 5.75 Å². The summed E-state index contributed by atoms with van der Waals surface area (Å²) in [6.45, 7) is -0.0151. The molecule has 0 fully saturated rings. The normalized spacial score (nSPS) is 10.6. The summed E-state index contributed by atoms with van der Waals surface area (Å²) in [5.74, 6) is -0.0253. The van der Waals surface area contributed by atoms with Crippen LogP contribution in [0.2, 0.25) is 0 Å². The first-order chi connectivity index (χ1) is 12.7. The van der Waals surface area contributed by atoms with Crippen molar-refractivity contribution in [2.75, 3.05) is 6.61 Å². The van der Waals surface area contributed by atoms with Crippen LogP contribution in [-0.4, -0.2) is 23.8 Å². The van der Waals surface area contributed by atoms with Gasteiger partial charge in [0.2, 0.25) is 0 Å². The lowest BCUT2D eigenvalue weighted by Crippen LogP contribution is -2.17. The van der Waals surface area contributed by atoms with Crippen molar-refractivity contribution in [2.24, 2.45) is 5.10 Å². The molecule has 0 aliphatic rings. The monoisotopic (exact) mass is 345 g/mol. The highest BCUT2D eigenvalue weighted by atomic mass is 16.5. The van der Waals surface area contributed by atoms with E-state index in [4.69, 9.17) is 10.00 Å². The van der Waals surface area contributed by atoms with E-state index < -0.39 is 5.91 Å². The van der Waals surface area contributed by atoms with Crippen molar-refractivity contribution < 1.29 is 14.6 Å². The largest absolute Gasteiger partial charge is 0.507 e. The minimum atomic E-state index is -0.501. The topological polar surface area (TPSA) is 94.7 Å². The molecule has 6 nitrogen and oxygen atoms in total. The van der Waals surface area contributed by atoms with Crippen LogP contribution in [0.1, 0.15) is 15.9 Å². The van der Waals surface area contributed by atoms with Gasteiger partial charge in [0.1, 0.15) is 17.6 Å².